The summed E-state index contributed by atoms with van der Waals surface area (Å²) in [6, 6.07) is 27.2. The summed E-state index contributed by atoms with van der Waals surface area (Å²) in [5, 5.41) is 4.25. The van der Waals surface area contributed by atoms with Gasteiger partial charge in [-0.2, -0.15) is 0 Å². The minimum Gasteiger partial charge on any atom is -0.351 e. The van der Waals surface area contributed by atoms with Crippen molar-refractivity contribution in [2.24, 2.45) is 0 Å². The van der Waals surface area contributed by atoms with Gasteiger partial charge in [-0.1, -0.05) is 47.1 Å². The standard InChI is InChI=1S/C26H23BrN4S/c1-2-18-11-13-20(14-12-18)31-25(24(29-26(31)32)22-9-3-4-15-28-22)23-10-6-16-30(23)21-8-5-7-19(27)17-21/h3-17,24-25H,2H2,1H3,(H,29,32)/t24-,25+/m1/s1. The van der Waals surface area contributed by atoms with Gasteiger partial charge in [0.15, 0.2) is 5.11 Å². The van der Waals surface area contributed by atoms with E-state index < -0.39 is 0 Å². The van der Waals surface area contributed by atoms with Crippen LogP contribution in [-0.4, -0.2) is 14.7 Å². The Labute approximate surface area is 202 Å². The van der Waals surface area contributed by atoms with Gasteiger partial charge in [-0.25, -0.2) is 0 Å². The Kier molecular flexibility index (Phi) is 5.81. The molecule has 0 unspecified atom stereocenters. The summed E-state index contributed by atoms with van der Waals surface area (Å²) in [7, 11) is 0. The smallest absolute Gasteiger partial charge is 0.174 e. The molecule has 1 saturated heterocycles. The van der Waals surface area contributed by atoms with Crippen LogP contribution < -0.4 is 10.2 Å². The molecule has 0 bridgehead atoms. The summed E-state index contributed by atoms with van der Waals surface area (Å²) >= 11 is 9.47. The van der Waals surface area contributed by atoms with E-state index in [9.17, 15) is 0 Å². The molecule has 2 aromatic heterocycles. The molecule has 1 aliphatic heterocycles. The normalized spacial score (nSPS) is 18.1. The molecular formula is C26H23BrN4S. The predicted molar refractivity (Wildman–Crippen MR) is 137 cm³/mol. The van der Waals surface area contributed by atoms with E-state index in [4.69, 9.17) is 12.2 Å². The minimum atomic E-state index is -0.0737. The van der Waals surface area contributed by atoms with Crippen LogP contribution in [0.3, 0.4) is 0 Å². The second-order valence-electron chi connectivity index (χ2n) is 7.80. The van der Waals surface area contributed by atoms with Gasteiger partial charge in [-0.05, 0) is 78.8 Å². The summed E-state index contributed by atoms with van der Waals surface area (Å²) < 4.78 is 3.27. The zero-order valence-electron chi connectivity index (χ0n) is 17.6. The Balaban J connectivity index is 1.65. The maximum atomic E-state index is 5.86. The molecule has 2 atom stereocenters. The highest BCUT2D eigenvalue weighted by Gasteiger charge is 2.42. The fourth-order valence-electron chi connectivity index (χ4n) is 4.32. The van der Waals surface area contributed by atoms with Crippen molar-refractivity contribution in [3.8, 4) is 5.69 Å². The minimum absolute atomic E-state index is 0.0566. The fourth-order valence-corrected chi connectivity index (χ4v) is 5.06. The molecule has 0 amide bonds. The van der Waals surface area contributed by atoms with Crippen LogP contribution in [0.1, 0.15) is 36.0 Å². The summed E-state index contributed by atoms with van der Waals surface area (Å²) in [4.78, 5) is 6.88. The summed E-state index contributed by atoms with van der Waals surface area (Å²) in [5.41, 5.74) is 5.59. The van der Waals surface area contributed by atoms with Gasteiger partial charge in [-0.15, -0.1) is 0 Å². The monoisotopic (exact) mass is 502 g/mol. The van der Waals surface area contributed by atoms with Crippen LogP contribution in [-0.2, 0) is 6.42 Å². The second kappa shape index (κ2) is 8.88. The van der Waals surface area contributed by atoms with Gasteiger partial charge >= 0.3 is 0 Å². The van der Waals surface area contributed by atoms with Crippen molar-refractivity contribution in [3.05, 3.63) is 113 Å². The molecule has 160 valence electrons. The van der Waals surface area contributed by atoms with Crippen LogP contribution in [0.4, 0.5) is 5.69 Å². The SMILES string of the molecule is CCc1ccc(N2C(=S)N[C@H](c3ccccn3)[C@@H]2c2cccn2-c2cccc(Br)c2)cc1. The second-order valence-corrected chi connectivity index (χ2v) is 9.10. The molecule has 2 aromatic carbocycles. The number of rotatable bonds is 5. The molecule has 1 N–H and O–H groups in total. The van der Waals surface area contributed by atoms with Crippen LogP contribution in [0.25, 0.3) is 5.69 Å². The van der Waals surface area contributed by atoms with Crippen molar-refractivity contribution in [1.29, 1.82) is 0 Å². The van der Waals surface area contributed by atoms with Crippen LogP contribution in [0, 0.1) is 0 Å². The molecule has 0 saturated carbocycles. The molecule has 32 heavy (non-hydrogen) atoms. The number of thiocarbonyl (C=S) groups is 1. The molecule has 1 aliphatic rings. The van der Waals surface area contributed by atoms with Gasteiger partial charge in [-0.3, -0.25) is 4.98 Å². The van der Waals surface area contributed by atoms with E-state index in [1.54, 1.807) is 0 Å². The number of aromatic nitrogens is 2. The number of pyridine rings is 1. The first-order chi connectivity index (χ1) is 15.7. The Morgan fingerprint density at radius 3 is 2.53 bits per heavy atom. The third-order valence-electron chi connectivity index (χ3n) is 5.89. The first-order valence-electron chi connectivity index (χ1n) is 10.7. The molecular weight excluding hydrogens is 480 g/mol. The third kappa shape index (κ3) is 3.85. The Hall–Kier alpha value is -2.96. The first kappa shape index (κ1) is 20.9. The number of nitrogens with zero attached hydrogens (tertiary/aromatic N) is 3. The average Bonchev–Trinajstić information content (AvgIpc) is 3.44. The van der Waals surface area contributed by atoms with Crippen molar-refractivity contribution < 1.29 is 0 Å². The number of benzene rings is 2. The Morgan fingerprint density at radius 2 is 1.81 bits per heavy atom. The molecule has 5 rings (SSSR count). The van der Waals surface area contributed by atoms with Crippen LogP contribution >= 0.6 is 28.1 Å². The lowest BCUT2D eigenvalue weighted by molar-refractivity contribution is 0.549. The van der Waals surface area contributed by atoms with Gasteiger partial charge in [0.2, 0.25) is 0 Å². The van der Waals surface area contributed by atoms with Crippen molar-refractivity contribution >= 4 is 38.9 Å². The predicted octanol–water partition coefficient (Wildman–Crippen LogP) is 6.37. The van der Waals surface area contributed by atoms with Crippen molar-refractivity contribution in [2.75, 3.05) is 4.90 Å². The van der Waals surface area contributed by atoms with Crippen LogP contribution in [0.2, 0.25) is 0 Å². The summed E-state index contributed by atoms with van der Waals surface area (Å²) in [5.74, 6) is 0. The lowest BCUT2D eigenvalue weighted by Crippen LogP contribution is -2.30. The fraction of sp³-hybridized carbons (Fsp3) is 0.154. The van der Waals surface area contributed by atoms with E-state index >= 15 is 0 Å². The molecule has 4 nitrogen and oxygen atoms in total. The lowest BCUT2D eigenvalue weighted by Gasteiger charge is -2.29. The van der Waals surface area contributed by atoms with E-state index in [-0.39, 0.29) is 12.1 Å². The molecule has 0 radical (unpaired) electrons. The molecule has 6 heteroatoms. The van der Waals surface area contributed by atoms with Crippen molar-refractivity contribution in [3.63, 3.8) is 0 Å². The van der Waals surface area contributed by atoms with Gasteiger partial charge in [0.25, 0.3) is 0 Å². The maximum Gasteiger partial charge on any atom is 0.174 e. The lowest BCUT2D eigenvalue weighted by atomic mass is 10.0. The molecule has 0 aliphatic carbocycles. The summed E-state index contributed by atoms with van der Waals surface area (Å²) in [6.07, 6.45) is 4.95. The highest BCUT2D eigenvalue weighted by atomic mass is 79.9. The van der Waals surface area contributed by atoms with Gasteiger partial charge < -0.3 is 14.8 Å². The number of hydrogen-bond donors (Lipinski definition) is 1. The molecule has 1 fully saturated rings. The topological polar surface area (TPSA) is 33.1 Å². The van der Waals surface area contributed by atoms with E-state index in [1.807, 2.05) is 24.4 Å². The zero-order valence-corrected chi connectivity index (χ0v) is 20.1. The average molecular weight is 503 g/mol. The van der Waals surface area contributed by atoms with E-state index in [0.717, 1.165) is 33.7 Å². The number of nitrogens with one attached hydrogen (secondary N) is 1. The Bertz CT molecular complexity index is 1240. The van der Waals surface area contributed by atoms with Gasteiger partial charge in [0, 0.05) is 33.9 Å². The van der Waals surface area contributed by atoms with Gasteiger partial charge in [0.05, 0.1) is 11.7 Å². The van der Waals surface area contributed by atoms with E-state index in [0.29, 0.717) is 5.11 Å². The molecule has 4 aromatic rings. The number of anilines is 1. The quantitative estimate of drug-likeness (QED) is 0.321. The third-order valence-corrected chi connectivity index (χ3v) is 6.70. The number of aryl methyl sites for hydroxylation is 1. The number of halogens is 1. The highest BCUT2D eigenvalue weighted by Crippen LogP contribution is 2.42. The maximum absolute atomic E-state index is 5.86. The van der Waals surface area contributed by atoms with Crippen LogP contribution in [0.5, 0.6) is 0 Å². The number of hydrogen-bond acceptors (Lipinski definition) is 2. The molecule has 3 heterocycles. The van der Waals surface area contributed by atoms with Crippen molar-refractivity contribution in [1.82, 2.24) is 14.9 Å². The van der Waals surface area contributed by atoms with E-state index in [1.165, 1.54) is 5.56 Å². The highest BCUT2D eigenvalue weighted by molar-refractivity contribution is 9.10. The molecule has 0 spiro atoms. The summed E-state index contributed by atoms with van der Waals surface area (Å²) in [6.45, 7) is 2.17. The zero-order chi connectivity index (χ0) is 22.1. The van der Waals surface area contributed by atoms with E-state index in [2.05, 4.69) is 109 Å². The first-order valence-corrected chi connectivity index (χ1v) is 11.9. The van der Waals surface area contributed by atoms with Gasteiger partial charge in [0.1, 0.15) is 6.04 Å². The van der Waals surface area contributed by atoms with Crippen LogP contribution in [0.15, 0.2) is 95.7 Å². The van der Waals surface area contributed by atoms with Crippen molar-refractivity contribution in [2.45, 2.75) is 25.4 Å². The Morgan fingerprint density at radius 1 is 0.969 bits per heavy atom. The largest absolute Gasteiger partial charge is 0.351 e.